The van der Waals surface area contributed by atoms with Crippen molar-refractivity contribution < 1.29 is 113 Å². The van der Waals surface area contributed by atoms with Crippen LogP contribution < -0.4 is 5.32 Å². The number of carboxylic acid groups (broad SMARTS) is 1. The molecular formula is C71H85F18N3O7. The number of ether oxygens (including phenoxy) is 2. The van der Waals surface area contributed by atoms with Crippen molar-refractivity contribution in [3.05, 3.63) is 106 Å². The third-order valence-electron chi connectivity index (χ3n) is 18.1. The van der Waals surface area contributed by atoms with Crippen LogP contribution in [-0.2, 0) is 47.2 Å². The molecule has 0 unspecified atom stereocenters. The predicted molar refractivity (Wildman–Crippen MR) is 331 cm³/mol. The van der Waals surface area contributed by atoms with Crippen LogP contribution in [0.25, 0.3) is 0 Å². The molecule has 10 nitrogen and oxygen atoms in total. The van der Waals surface area contributed by atoms with Crippen LogP contribution in [0.3, 0.4) is 0 Å². The Morgan fingerprint density at radius 1 is 0.535 bits per heavy atom. The number of hydrogen-bond acceptors (Lipinski definition) is 9. The van der Waals surface area contributed by atoms with Crippen molar-refractivity contribution in [2.75, 3.05) is 33.9 Å². The van der Waals surface area contributed by atoms with E-state index in [2.05, 4.69) is 27.8 Å². The highest BCUT2D eigenvalue weighted by atomic mass is 19.4. The summed E-state index contributed by atoms with van der Waals surface area (Å²) in [6.45, 7) is 1.58. The minimum atomic E-state index is -4.48. The summed E-state index contributed by atoms with van der Waals surface area (Å²) in [7, 11) is 2.64. The molecule has 0 aromatic heterocycles. The smallest absolute Gasteiger partial charge is 0.416 e. The Morgan fingerprint density at radius 2 is 0.960 bits per heavy atom. The maximum absolute atomic E-state index is 13.0. The van der Waals surface area contributed by atoms with Gasteiger partial charge in [-0.05, 0) is 180 Å². The normalized spacial score (nSPS) is 22.2. The van der Waals surface area contributed by atoms with E-state index >= 15 is 0 Å². The van der Waals surface area contributed by atoms with Crippen LogP contribution in [0.2, 0.25) is 0 Å². The summed E-state index contributed by atoms with van der Waals surface area (Å²) in [6.07, 6.45) is -12.3. The zero-order valence-electron chi connectivity index (χ0n) is 54.9. The summed E-state index contributed by atoms with van der Waals surface area (Å²) >= 11 is 0. The number of carbonyl (C=O) groups excluding carboxylic acids is 3. The SMILES string of the molecule is C#CC1CC1.COC(=O)C[C@@H]1CCN([C@H](C#CC2CC2)CCC(F)(F)F)[C@H](c2ccc(C(F)(F)F)cc2)C1.COC(=O)C[C@@H]1CCN[C@H](c2ccc(C(F)(F)F)cc2)C1.O=C(O)C[C@@H]1CCN([C@H](CCC2CC2)CCC(F)(F)F)[C@H](c2ccc(C(F)(F)F)cc2)C1.O=CCCC(F)(F)F. The lowest BCUT2D eigenvalue weighted by Crippen LogP contribution is -2.44. The van der Waals surface area contributed by atoms with E-state index in [0.29, 0.717) is 74.6 Å². The average molecular weight is 1430 g/mol. The van der Waals surface area contributed by atoms with Crippen LogP contribution in [0, 0.1) is 59.7 Å². The molecule has 552 valence electrons. The summed E-state index contributed by atoms with van der Waals surface area (Å²) in [5.41, 5.74) is -0.236. The summed E-state index contributed by atoms with van der Waals surface area (Å²) in [5.74, 6) is 8.53. The Labute approximate surface area is 565 Å². The van der Waals surface area contributed by atoms with Gasteiger partial charge in [-0.3, -0.25) is 24.2 Å². The molecule has 8 atom stereocenters. The van der Waals surface area contributed by atoms with Crippen LogP contribution in [0.1, 0.15) is 199 Å². The number of benzene rings is 3. The number of aliphatic carboxylic acids is 1. The minimum Gasteiger partial charge on any atom is -0.481 e. The maximum atomic E-state index is 13.0. The number of methoxy groups -OCH3 is 2. The second-order valence-electron chi connectivity index (χ2n) is 26.0. The number of terminal acetylenes is 1. The number of likely N-dealkylation sites (tertiary alicyclic amines) is 2. The zero-order valence-corrected chi connectivity index (χ0v) is 54.9. The largest absolute Gasteiger partial charge is 0.481 e. The first-order valence-corrected chi connectivity index (χ1v) is 33.0. The fourth-order valence-corrected chi connectivity index (χ4v) is 12.1. The fraction of sp³-hybridized carbons (Fsp3) is 0.634. The van der Waals surface area contributed by atoms with Gasteiger partial charge < -0.3 is 24.7 Å². The van der Waals surface area contributed by atoms with E-state index in [1.807, 2.05) is 9.80 Å². The van der Waals surface area contributed by atoms with Crippen LogP contribution >= 0.6 is 0 Å². The second-order valence-corrected chi connectivity index (χ2v) is 26.0. The summed E-state index contributed by atoms with van der Waals surface area (Å²) in [5, 5.41) is 12.5. The predicted octanol–water partition coefficient (Wildman–Crippen LogP) is 18.8. The van der Waals surface area contributed by atoms with Gasteiger partial charge in [0, 0.05) is 81.1 Å². The molecule has 2 N–H and O–H groups in total. The lowest BCUT2D eigenvalue weighted by atomic mass is 9.83. The average Bonchev–Trinajstić information content (AvgIpc) is 1.75. The van der Waals surface area contributed by atoms with Gasteiger partial charge in [-0.2, -0.15) is 79.0 Å². The second kappa shape index (κ2) is 37.9. The number of hydrogen-bond donors (Lipinski definition) is 2. The zero-order chi connectivity index (χ0) is 73.5. The Hall–Kier alpha value is -6.52. The van der Waals surface area contributed by atoms with Gasteiger partial charge in [0.05, 0.1) is 43.4 Å². The quantitative estimate of drug-likeness (QED) is 0.0489. The highest BCUT2D eigenvalue weighted by Crippen LogP contribution is 2.45. The lowest BCUT2D eigenvalue weighted by Gasteiger charge is -2.44. The van der Waals surface area contributed by atoms with Gasteiger partial charge in [-0.25, -0.2) is 0 Å². The molecule has 9 rings (SSSR count). The van der Waals surface area contributed by atoms with E-state index in [4.69, 9.17) is 11.2 Å². The lowest BCUT2D eigenvalue weighted by molar-refractivity contribution is -0.143. The van der Waals surface area contributed by atoms with E-state index in [-0.39, 0.29) is 79.7 Å². The van der Waals surface area contributed by atoms with Gasteiger partial charge in [0.2, 0.25) is 0 Å². The number of rotatable bonds is 20. The molecule has 3 saturated carbocycles. The maximum Gasteiger partial charge on any atom is 0.416 e. The van der Waals surface area contributed by atoms with Gasteiger partial charge in [0.1, 0.15) is 6.29 Å². The molecule has 28 heteroatoms. The Kier molecular flexibility index (Phi) is 31.9. The molecule has 6 aliphatic rings. The van der Waals surface area contributed by atoms with Gasteiger partial charge in [-0.15, -0.1) is 12.3 Å². The van der Waals surface area contributed by atoms with Crippen LogP contribution in [0.4, 0.5) is 79.0 Å². The number of aldehydes is 1. The summed E-state index contributed by atoms with van der Waals surface area (Å²) in [4.78, 5) is 47.5. The molecule has 6 fully saturated rings. The molecule has 0 bridgehead atoms. The van der Waals surface area contributed by atoms with Crippen molar-refractivity contribution in [2.45, 2.75) is 215 Å². The van der Waals surface area contributed by atoms with E-state index in [9.17, 15) is 103 Å². The number of halogens is 18. The van der Waals surface area contributed by atoms with Crippen molar-refractivity contribution in [1.29, 1.82) is 0 Å². The van der Waals surface area contributed by atoms with Crippen LogP contribution in [-0.4, -0.2) is 104 Å². The number of carboxylic acids is 1. The van der Waals surface area contributed by atoms with Gasteiger partial charge >= 0.3 is 55.0 Å². The number of esters is 2. The minimum absolute atomic E-state index is 0.0179. The highest BCUT2D eigenvalue weighted by Gasteiger charge is 2.41. The van der Waals surface area contributed by atoms with E-state index in [0.717, 1.165) is 93.5 Å². The van der Waals surface area contributed by atoms with Gasteiger partial charge in [0.15, 0.2) is 0 Å². The number of piperidine rings is 3. The number of nitrogens with zero attached hydrogens (tertiary/aromatic N) is 2. The first kappa shape index (κ1) is 83.1. The van der Waals surface area contributed by atoms with E-state index < -0.39 is 104 Å². The van der Waals surface area contributed by atoms with Crippen molar-refractivity contribution in [3.8, 4) is 24.2 Å². The molecule has 3 aliphatic heterocycles. The first-order valence-electron chi connectivity index (χ1n) is 33.0. The molecule has 99 heavy (non-hydrogen) atoms. The molecule has 3 saturated heterocycles. The number of carbonyl (C=O) groups is 4. The fourth-order valence-electron chi connectivity index (χ4n) is 12.1. The Bertz CT molecular complexity index is 3070. The monoisotopic (exact) mass is 1430 g/mol. The van der Waals surface area contributed by atoms with Crippen LogP contribution in [0.5, 0.6) is 0 Å². The standard InChI is InChI=1S/C24H27F6NO2.C23H29F6NO2.C15H18F3NO2.C5H6.C4H5F3O/c1-33-22(32)15-17-11-13-31(20(9-4-16-2-3-16)10-12-23(25,26)27)21(14-17)18-5-7-19(8-6-18)24(28,29)30;24-22(25,26)11-9-19(8-3-15-1-2-15)30-12-10-16(14-21(31)32)13-20(30)17-4-6-18(7-5-17)23(27,28)29;1-21-14(20)9-10-6-7-19-13(8-10)11-2-4-12(5-3-11)15(16,17)18;1-2-5-3-4-5;5-4(6,7)2-1-3-8/h5-8,16-17,20-21H,2-3,10-15H2,1H3;4-7,15-16,19-20H,1-3,8-14H2,(H,31,32);2-5,10,13,19H,6-9H2,1H3;1,5H,3-4H2;3H,1-2H2/t17-,20-,21+;16-,19-,20+;10-,13+;;/m111../s1. The third kappa shape index (κ3) is 31.9. The van der Waals surface area contributed by atoms with Gasteiger partial charge in [-0.1, -0.05) is 61.1 Å². The summed E-state index contributed by atoms with van der Waals surface area (Å²) < 4.78 is 236. The van der Waals surface area contributed by atoms with Crippen molar-refractivity contribution in [2.24, 2.45) is 35.5 Å². The molecule has 0 spiro atoms. The molecule has 3 aliphatic carbocycles. The molecule has 0 radical (unpaired) electrons. The van der Waals surface area contributed by atoms with Crippen LogP contribution in [0.15, 0.2) is 72.8 Å². The molecule has 3 aromatic carbocycles. The number of alkyl halides is 18. The molecule has 3 aromatic rings. The summed E-state index contributed by atoms with van der Waals surface area (Å²) in [6, 6.07) is 12.8. The topological polar surface area (TPSA) is 125 Å². The Morgan fingerprint density at radius 3 is 1.34 bits per heavy atom. The molecule has 0 amide bonds. The Balaban J connectivity index is 0.000000249. The third-order valence-corrected chi connectivity index (χ3v) is 18.1. The first-order chi connectivity index (χ1) is 46.3. The van der Waals surface area contributed by atoms with Crippen molar-refractivity contribution in [1.82, 2.24) is 15.1 Å². The van der Waals surface area contributed by atoms with Crippen molar-refractivity contribution >= 4 is 24.2 Å². The van der Waals surface area contributed by atoms with Gasteiger partial charge in [0.25, 0.3) is 0 Å². The highest BCUT2D eigenvalue weighted by molar-refractivity contribution is 5.70. The number of nitrogens with one attached hydrogen (secondary N) is 1. The molecular weight excluding hydrogens is 1350 g/mol. The van der Waals surface area contributed by atoms with Crippen molar-refractivity contribution in [3.63, 3.8) is 0 Å². The van der Waals surface area contributed by atoms with E-state index in [1.54, 1.807) is 0 Å². The van der Waals surface area contributed by atoms with E-state index in [1.165, 1.54) is 63.5 Å². The molecule has 3 heterocycles.